The van der Waals surface area contributed by atoms with E-state index in [1.165, 1.54) is 7.11 Å². The number of primary amides is 1. The van der Waals surface area contributed by atoms with Gasteiger partial charge in [-0.2, -0.15) is 0 Å². The number of hydrogen-bond donors (Lipinski definition) is 3. The monoisotopic (exact) mass is 269 g/mol. The van der Waals surface area contributed by atoms with Crippen LogP contribution in [-0.2, 0) is 4.74 Å². The third-order valence-corrected chi connectivity index (χ3v) is 4.12. The zero-order valence-corrected chi connectivity index (χ0v) is 10.8. The van der Waals surface area contributed by atoms with E-state index in [-0.39, 0.29) is 16.1 Å². The number of anilines is 2. The molecule has 6 nitrogen and oxygen atoms in total. The van der Waals surface area contributed by atoms with Gasteiger partial charge in [-0.05, 0) is 19.3 Å². The van der Waals surface area contributed by atoms with E-state index in [0.717, 1.165) is 30.6 Å². The van der Waals surface area contributed by atoms with Gasteiger partial charge in [-0.3, -0.25) is 4.79 Å². The van der Waals surface area contributed by atoms with Crippen molar-refractivity contribution in [2.45, 2.75) is 25.3 Å². The molecule has 1 aliphatic carbocycles. The first-order chi connectivity index (χ1) is 8.54. The Labute approximate surface area is 108 Å². The number of nitrogens with one attached hydrogen (secondary N) is 1. The summed E-state index contributed by atoms with van der Waals surface area (Å²) < 4.78 is 4.62. The summed E-state index contributed by atoms with van der Waals surface area (Å²) >= 11 is 1.11. The van der Waals surface area contributed by atoms with Crippen LogP contribution in [0.4, 0.5) is 10.7 Å². The Morgan fingerprint density at radius 2 is 2.11 bits per heavy atom. The summed E-state index contributed by atoms with van der Waals surface area (Å²) in [5.74, 6) is -1.19. The van der Waals surface area contributed by atoms with Gasteiger partial charge in [-0.15, -0.1) is 11.3 Å². The van der Waals surface area contributed by atoms with E-state index in [0.29, 0.717) is 11.0 Å². The van der Waals surface area contributed by atoms with E-state index in [1.54, 1.807) is 0 Å². The number of carbonyl (C=O) groups is 2. The Morgan fingerprint density at radius 3 is 2.56 bits per heavy atom. The average molecular weight is 269 g/mol. The topological polar surface area (TPSA) is 107 Å². The number of hydrogen-bond acceptors (Lipinski definition) is 6. The molecule has 0 aliphatic heterocycles. The van der Waals surface area contributed by atoms with Gasteiger partial charge in [0.25, 0.3) is 5.91 Å². The molecule has 0 bridgehead atoms. The lowest BCUT2D eigenvalue weighted by Gasteiger charge is -2.27. The lowest BCUT2D eigenvalue weighted by Crippen LogP contribution is -2.27. The van der Waals surface area contributed by atoms with E-state index in [4.69, 9.17) is 11.5 Å². The van der Waals surface area contributed by atoms with Gasteiger partial charge in [0, 0.05) is 6.04 Å². The Balaban J connectivity index is 2.36. The van der Waals surface area contributed by atoms with Gasteiger partial charge in [0.15, 0.2) is 0 Å². The van der Waals surface area contributed by atoms with Crippen LogP contribution in [-0.4, -0.2) is 25.0 Å². The van der Waals surface area contributed by atoms with Crippen molar-refractivity contribution in [3.8, 4) is 0 Å². The van der Waals surface area contributed by atoms with Crippen molar-refractivity contribution in [3.63, 3.8) is 0 Å². The summed E-state index contributed by atoms with van der Waals surface area (Å²) in [6.45, 7) is 0. The fourth-order valence-corrected chi connectivity index (χ4v) is 2.89. The summed E-state index contributed by atoms with van der Waals surface area (Å²) in [6, 6.07) is 0.326. The van der Waals surface area contributed by atoms with Crippen LogP contribution in [0, 0.1) is 0 Å². The van der Waals surface area contributed by atoms with Crippen LogP contribution in [0.25, 0.3) is 0 Å². The Hall–Kier alpha value is -1.76. The number of carbonyl (C=O) groups excluding carboxylic acids is 2. The normalized spacial score (nSPS) is 14.9. The molecule has 1 aliphatic rings. The zero-order valence-electron chi connectivity index (χ0n) is 9.99. The SMILES string of the molecule is COC(=O)c1sc(NC2CCC2)c(C(N)=O)c1N. The van der Waals surface area contributed by atoms with E-state index >= 15 is 0 Å². The van der Waals surface area contributed by atoms with E-state index in [9.17, 15) is 9.59 Å². The predicted octanol–water partition coefficient (Wildman–Crippen LogP) is 1.18. The van der Waals surface area contributed by atoms with Gasteiger partial charge in [0.05, 0.1) is 18.4 Å². The lowest BCUT2D eigenvalue weighted by molar-refractivity contribution is 0.0607. The van der Waals surface area contributed by atoms with Crippen LogP contribution < -0.4 is 16.8 Å². The molecule has 0 aromatic carbocycles. The molecule has 18 heavy (non-hydrogen) atoms. The largest absolute Gasteiger partial charge is 0.465 e. The molecule has 0 saturated heterocycles. The van der Waals surface area contributed by atoms with Crippen LogP contribution in [0.2, 0.25) is 0 Å². The van der Waals surface area contributed by atoms with Crippen molar-refractivity contribution in [1.29, 1.82) is 0 Å². The number of amides is 1. The number of nitrogens with two attached hydrogens (primary N) is 2. The second-order valence-electron chi connectivity index (χ2n) is 4.18. The van der Waals surface area contributed by atoms with Crippen LogP contribution in [0.3, 0.4) is 0 Å². The smallest absolute Gasteiger partial charge is 0.350 e. The van der Waals surface area contributed by atoms with Gasteiger partial charge in [-0.25, -0.2) is 4.79 Å². The summed E-state index contributed by atoms with van der Waals surface area (Å²) in [7, 11) is 1.27. The molecule has 98 valence electrons. The van der Waals surface area contributed by atoms with E-state index < -0.39 is 11.9 Å². The molecule has 1 amide bonds. The molecule has 5 N–H and O–H groups in total. The second kappa shape index (κ2) is 4.85. The molecule has 2 rings (SSSR count). The maximum Gasteiger partial charge on any atom is 0.350 e. The molecule has 1 aromatic rings. The van der Waals surface area contributed by atoms with Crippen molar-refractivity contribution >= 4 is 33.9 Å². The summed E-state index contributed by atoms with van der Waals surface area (Å²) in [4.78, 5) is 23.1. The molecule has 7 heteroatoms. The van der Waals surface area contributed by atoms with Crippen molar-refractivity contribution < 1.29 is 14.3 Å². The van der Waals surface area contributed by atoms with Crippen molar-refractivity contribution in [3.05, 3.63) is 10.4 Å². The predicted molar refractivity (Wildman–Crippen MR) is 69.9 cm³/mol. The number of rotatable bonds is 4. The molecular weight excluding hydrogens is 254 g/mol. The molecular formula is C11H15N3O3S. The summed E-state index contributed by atoms with van der Waals surface area (Å²) in [5, 5.41) is 3.76. The van der Waals surface area contributed by atoms with Crippen LogP contribution in [0.15, 0.2) is 0 Å². The summed E-state index contributed by atoms with van der Waals surface area (Å²) in [6.07, 6.45) is 3.25. The zero-order chi connectivity index (χ0) is 13.3. The van der Waals surface area contributed by atoms with Crippen molar-refractivity contribution in [1.82, 2.24) is 0 Å². The number of methoxy groups -OCH3 is 1. The molecule has 1 heterocycles. The van der Waals surface area contributed by atoms with Gasteiger partial charge in [0.2, 0.25) is 0 Å². The summed E-state index contributed by atoms with van der Waals surface area (Å²) in [5.41, 5.74) is 11.4. The van der Waals surface area contributed by atoms with Gasteiger partial charge in [0.1, 0.15) is 9.88 Å². The van der Waals surface area contributed by atoms with Crippen molar-refractivity contribution in [2.24, 2.45) is 5.73 Å². The van der Waals surface area contributed by atoms with Gasteiger partial charge >= 0.3 is 5.97 Å². The minimum atomic E-state index is -0.638. The highest BCUT2D eigenvalue weighted by atomic mass is 32.1. The molecule has 0 spiro atoms. The first-order valence-electron chi connectivity index (χ1n) is 5.61. The maximum atomic E-state index is 11.5. The standard InChI is InChI=1S/C11H15N3O3S/c1-17-11(16)8-7(12)6(9(13)15)10(18-8)14-5-3-2-4-5/h5,14H,2-4,12H2,1H3,(H2,13,15). The Morgan fingerprint density at radius 1 is 1.44 bits per heavy atom. The fourth-order valence-electron chi connectivity index (χ4n) is 1.77. The molecule has 0 radical (unpaired) electrons. The molecule has 1 saturated carbocycles. The van der Waals surface area contributed by atoms with Gasteiger partial charge < -0.3 is 21.5 Å². The Bertz CT molecular complexity index is 494. The second-order valence-corrected chi connectivity index (χ2v) is 5.20. The number of thiophene rings is 1. The highest BCUT2D eigenvalue weighted by molar-refractivity contribution is 7.19. The number of esters is 1. The van der Waals surface area contributed by atoms with Crippen LogP contribution in [0.5, 0.6) is 0 Å². The first kappa shape index (κ1) is 12.7. The van der Waals surface area contributed by atoms with Crippen LogP contribution in [0.1, 0.15) is 39.3 Å². The highest BCUT2D eigenvalue weighted by Crippen LogP contribution is 2.38. The first-order valence-corrected chi connectivity index (χ1v) is 6.43. The molecule has 1 aromatic heterocycles. The number of nitrogen functional groups attached to an aromatic ring is 1. The third kappa shape index (κ3) is 2.13. The maximum absolute atomic E-state index is 11.5. The average Bonchev–Trinajstić information content (AvgIpc) is 2.60. The quantitative estimate of drug-likeness (QED) is 0.711. The minimum Gasteiger partial charge on any atom is -0.465 e. The number of ether oxygens (including phenoxy) is 1. The minimum absolute atomic E-state index is 0.0983. The van der Waals surface area contributed by atoms with E-state index in [1.807, 2.05) is 0 Å². The third-order valence-electron chi connectivity index (χ3n) is 3.00. The molecule has 0 unspecified atom stereocenters. The van der Waals surface area contributed by atoms with Crippen LogP contribution >= 0.6 is 11.3 Å². The highest BCUT2D eigenvalue weighted by Gasteiger charge is 2.27. The van der Waals surface area contributed by atoms with Gasteiger partial charge in [-0.1, -0.05) is 0 Å². The fraction of sp³-hybridized carbons (Fsp3) is 0.455. The van der Waals surface area contributed by atoms with E-state index in [2.05, 4.69) is 10.1 Å². The Kier molecular flexibility index (Phi) is 3.42. The van der Waals surface area contributed by atoms with Crippen molar-refractivity contribution in [2.75, 3.05) is 18.2 Å². The lowest BCUT2D eigenvalue weighted by atomic mass is 9.93. The molecule has 1 fully saturated rings. The molecule has 0 atom stereocenters.